The molecule has 0 bridgehead atoms. The predicted molar refractivity (Wildman–Crippen MR) is 52.3 cm³/mol. The van der Waals surface area contributed by atoms with Crippen LogP contribution in [-0.2, 0) is 4.74 Å². The third-order valence-corrected chi connectivity index (χ3v) is 2.11. The molecular weight excluding hydrogens is 199 g/mol. The Morgan fingerprint density at radius 2 is 2.33 bits per heavy atom. The second kappa shape index (κ2) is 3.73. The molecule has 0 fully saturated rings. The molecule has 0 N–H and O–H groups in total. The maximum Gasteiger partial charge on any atom is 0.341 e. The molecule has 0 aliphatic carbocycles. The minimum Gasteiger partial charge on any atom is -0.465 e. The molecule has 0 saturated heterocycles. The third-order valence-electron chi connectivity index (χ3n) is 2.11. The average Bonchev–Trinajstić information content (AvgIpc) is 2.27. The molecule has 1 atom stereocenters. The lowest BCUT2D eigenvalue weighted by molar-refractivity contribution is 0.0583. The van der Waals surface area contributed by atoms with E-state index in [1.807, 2.05) is 0 Å². The van der Waals surface area contributed by atoms with Crippen molar-refractivity contribution in [1.29, 1.82) is 0 Å². The standard InChI is InChI=1S/C11H9FO3/c1-14-11(13)8-4-2-3-7-5-6-9(12)15-10(7)8/h2-6,9H,1H3. The zero-order chi connectivity index (χ0) is 10.8. The summed E-state index contributed by atoms with van der Waals surface area (Å²) >= 11 is 0. The Morgan fingerprint density at radius 1 is 1.53 bits per heavy atom. The number of carbonyl (C=O) groups is 1. The lowest BCUT2D eigenvalue weighted by Crippen LogP contribution is -2.14. The second-order valence-electron chi connectivity index (χ2n) is 3.04. The highest BCUT2D eigenvalue weighted by molar-refractivity contribution is 5.94. The molecule has 0 aromatic heterocycles. The van der Waals surface area contributed by atoms with E-state index >= 15 is 0 Å². The Morgan fingerprint density at radius 3 is 3.07 bits per heavy atom. The molecule has 0 saturated carbocycles. The van der Waals surface area contributed by atoms with E-state index in [1.165, 1.54) is 19.3 Å². The minimum atomic E-state index is -1.51. The fourth-order valence-corrected chi connectivity index (χ4v) is 1.42. The molecular formula is C11H9FO3. The smallest absolute Gasteiger partial charge is 0.341 e. The van der Waals surface area contributed by atoms with Gasteiger partial charge in [0.1, 0.15) is 11.3 Å². The van der Waals surface area contributed by atoms with Crippen LogP contribution in [0.4, 0.5) is 4.39 Å². The molecule has 1 unspecified atom stereocenters. The van der Waals surface area contributed by atoms with Crippen LogP contribution in [0.5, 0.6) is 5.75 Å². The Kier molecular flexibility index (Phi) is 2.41. The molecule has 3 nitrogen and oxygen atoms in total. The van der Waals surface area contributed by atoms with E-state index in [-0.39, 0.29) is 11.3 Å². The van der Waals surface area contributed by atoms with Gasteiger partial charge >= 0.3 is 5.97 Å². The van der Waals surface area contributed by atoms with Crippen LogP contribution in [0.25, 0.3) is 6.08 Å². The summed E-state index contributed by atoms with van der Waals surface area (Å²) in [6.07, 6.45) is 1.35. The van der Waals surface area contributed by atoms with E-state index in [1.54, 1.807) is 18.2 Å². The first kappa shape index (κ1) is 9.71. The van der Waals surface area contributed by atoms with Gasteiger partial charge < -0.3 is 9.47 Å². The maximum atomic E-state index is 12.9. The molecule has 1 aliphatic rings. The Bertz CT molecular complexity index is 426. The van der Waals surface area contributed by atoms with E-state index in [0.717, 1.165) is 0 Å². The van der Waals surface area contributed by atoms with E-state index in [9.17, 15) is 9.18 Å². The van der Waals surface area contributed by atoms with Gasteiger partial charge in [-0.15, -0.1) is 0 Å². The number of benzene rings is 1. The molecule has 2 rings (SSSR count). The molecule has 0 amide bonds. The Hall–Kier alpha value is -1.84. The van der Waals surface area contributed by atoms with Crippen molar-refractivity contribution < 1.29 is 18.7 Å². The van der Waals surface area contributed by atoms with E-state index in [4.69, 9.17) is 4.74 Å². The number of hydrogen-bond donors (Lipinski definition) is 0. The van der Waals surface area contributed by atoms with Gasteiger partial charge in [0.05, 0.1) is 7.11 Å². The molecule has 0 spiro atoms. The fourth-order valence-electron chi connectivity index (χ4n) is 1.42. The summed E-state index contributed by atoms with van der Waals surface area (Å²) in [4.78, 5) is 11.3. The first-order valence-corrected chi connectivity index (χ1v) is 4.42. The second-order valence-corrected chi connectivity index (χ2v) is 3.04. The molecule has 15 heavy (non-hydrogen) atoms. The van der Waals surface area contributed by atoms with Crippen molar-refractivity contribution in [3.8, 4) is 5.75 Å². The third kappa shape index (κ3) is 1.70. The van der Waals surface area contributed by atoms with Gasteiger partial charge in [0.2, 0.25) is 0 Å². The van der Waals surface area contributed by atoms with Crippen molar-refractivity contribution in [3.63, 3.8) is 0 Å². The molecule has 1 aromatic rings. The van der Waals surface area contributed by atoms with E-state index in [0.29, 0.717) is 5.56 Å². The molecule has 1 aromatic carbocycles. The number of ether oxygens (including phenoxy) is 2. The highest BCUT2D eigenvalue weighted by Gasteiger charge is 2.20. The van der Waals surface area contributed by atoms with Crippen LogP contribution in [0.15, 0.2) is 24.3 Å². The van der Waals surface area contributed by atoms with Gasteiger partial charge in [0.25, 0.3) is 6.36 Å². The first-order chi connectivity index (χ1) is 7.22. The van der Waals surface area contributed by atoms with Gasteiger partial charge in [0, 0.05) is 5.56 Å². The summed E-state index contributed by atoms with van der Waals surface area (Å²) in [5.74, 6) is -0.297. The van der Waals surface area contributed by atoms with Crippen LogP contribution in [-0.4, -0.2) is 19.4 Å². The van der Waals surface area contributed by atoms with Crippen molar-refractivity contribution in [1.82, 2.24) is 0 Å². The van der Waals surface area contributed by atoms with Crippen molar-refractivity contribution in [3.05, 3.63) is 35.4 Å². The van der Waals surface area contributed by atoms with Gasteiger partial charge in [-0.1, -0.05) is 12.1 Å². The lowest BCUT2D eigenvalue weighted by Gasteiger charge is -2.17. The van der Waals surface area contributed by atoms with Gasteiger partial charge in [-0.3, -0.25) is 0 Å². The van der Waals surface area contributed by atoms with Crippen molar-refractivity contribution >= 4 is 12.0 Å². The van der Waals surface area contributed by atoms with E-state index < -0.39 is 12.3 Å². The van der Waals surface area contributed by atoms with Crippen molar-refractivity contribution in [2.24, 2.45) is 0 Å². The topological polar surface area (TPSA) is 35.5 Å². The molecule has 1 heterocycles. The van der Waals surface area contributed by atoms with Gasteiger partial charge in [0.15, 0.2) is 0 Å². The SMILES string of the molecule is COC(=O)c1cccc2c1OC(F)C=C2. The first-order valence-electron chi connectivity index (χ1n) is 4.42. The van der Waals surface area contributed by atoms with Crippen LogP contribution in [0.3, 0.4) is 0 Å². The minimum absolute atomic E-state index is 0.236. The lowest BCUT2D eigenvalue weighted by atomic mass is 10.1. The molecule has 4 heteroatoms. The van der Waals surface area contributed by atoms with E-state index in [2.05, 4.69) is 4.74 Å². The molecule has 78 valence electrons. The summed E-state index contributed by atoms with van der Waals surface area (Å²) in [6.45, 7) is 0. The number of fused-ring (bicyclic) bond motifs is 1. The van der Waals surface area contributed by atoms with Crippen molar-refractivity contribution in [2.45, 2.75) is 6.36 Å². The number of esters is 1. The summed E-state index contributed by atoms with van der Waals surface area (Å²) in [7, 11) is 1.27. The van der Waals surface area contributed by atoms with Gasteiger partial charge in [-0.2, -0.15) is 4.39 Å². The number of rotatable bonds is 1. The Labute approximate surface area is 86.1 Å². The average molecular weight is 208 g/mol. The van der Waals surface area contributed by atoms with Crippen molar-refractivity contribution in [2.75, 3.05) is 7.11 Å². The summed E-state index contributed by atoms with van der Waals surface area (Å²) in [5.41, 5.74) is 0.911. The largest absolute Gasteiger partial charge is 0.465 e. The number of alkyl halides is 1. The van der Waals surface area contributed by atoms with Crippen LogP contribution >= 0.6 is 0 Å². The highest BCUT2D eigenvalue weighted by Crippen LogP contribution is 2.30. The monoisotopic (exact) mass is 208 g/mol. The number of halogens is 1. The highest BCUT2D eigenvalue weighted by atomic mass is 19.1. The number of para-hydroxylation sites is 1. The molecule has 0 radical (unpaired) electrons. The van der Waals surface area contributed by atoms with Gasteiger partial charge in [-0.05, 0) is 18.2 Å². The quantitative estimate of drug-likeness (QED) is 0.663. The van der Waals surface area contributed by atoms with Crippen LogP contribution in [0.1, 0.15) is 15.9 Å². The maximum absolute atomic E-state index is 12.9. The zero-order valence-corrected chi connectivity index (χ0v) is 8.07. The van der Waals surface area contributed by atoms with Crippen LogP contribution in [0.2, 0.25) is 0 Å². The Balaban J connectivity index is 2.50. The number of carbonyl (C=O) groups excluding carboxylic acids is 1. The summed E-state index contributed by atoms with van der Waals surface area (Å²) in [6, 6.07) is 4.97. The number of hydrogen-bond acceptors (Lipinski definition) is 3. The normalized spacial score (nSPS) is 17.9. The zero-order valence-electron chi connectivity index (χ0n) is 8.07. The number of methoxy groups -OCH3 is 1. The predicted octanol–water partition coefficient (Wildman–Crippen LogP) is 2.17. The molecule has 1 aliphatic heterocycles. The summed E-state index contributed by atoms with van der Waals surface area (Å²) in [5, 5.41) is 0. The van der Waals surface area contributed by atoms with Crippen LogP contribution < -0.4 is 4.74 Å². The van der Waals surface area contributed by atoms with Gasteiger partial charge in [-0.25, -0.2) is 4.79 Å². The fraction of sp³-hybridized carbons (Fsp3) is 0.182. The van der Waals surface area contributed by atoms with Crippen LogP contribution in [0, 0.1) is 0 Å². The summed E-state index contributed by atoms with van der Waals surface area (Å²) < 4.78 is 22.5.